The van der Waals surface area contributed by atoms with Gasteiger partial charge in [0.2, 0.25) is 5.95 Å². The molecule has 11 nitrogen and oxygen atoms in total. The smallest absolute Gasteiger partial charge is 0.309 e. The molecule has 0 spiro atoms. The molecule has 0 unspecified atom stereocenters. The van der Waals surface area contributed by atoms with Gasteiger partial charge in [0.25, 0.3) is 15.9 Å². The van der Waals surface area contributed by atoms with Crippen LogP contribution in [0.4, 0.5) is 11.6 Å². The predicted molar refractivity (Wildman–Crippen MR) is 151 cm³/mol. The number of fused-ring (bicyclic) bond motifs is 1. The van der Waals surface area contributed by atoms with E-state index in [9.17, 15) is 23.1 Å². The highest BCUT2D eigenvalue weighted by atomic mass is 35.5. The van der Waals surface area contributed by atoms with E-state index in [4.69, 9.17) is 23.2 Å². The zero-order chi connectivity index (χ0) is 29.1. The number of rotatable bonds is 7. The fraction of sp³-hybridized carbons (Fsp3) is 0.222. The van der Waals surface area contributed by atoms with Gasteiger partial charge in [0.05, 0.1) is 17.8 Å². The number of amides is 1. The summed E-state index contributed by atoms with van der Waals surface area (Å²) in [5, 5.41) is 9.64. The molecule has 14 heteroatoms. The van der Waals surface area contributed by atoms with Crippen LogP contribution in [0, 0.1) is 5.92 Å². The summed E-state index contributed by atoms with van der Waals surface area (Å²) in [5.41, 5.74) is 1.39. The lowest BCUT2D eigenvalue weighted by Crippen LogP contribution is -2.53. The van der Waals surface area contributed by atoms with Crippen molar-refractivity contribution in [2.45, 2.75) is 23.9 Å². The van der Waals surface area contributed by atoms with E-state index < -0.39 is 33.4 Å². The van der Waals surface area contributed by atoms with E-state index in [0.29, 0.717) is 15.7 Å². The number of aliphatic carboxylic acids is 1. The van der Waals surface area contributed by atoms with E-state index in [1.807, 2.05) is 24.3 Å². The zero-order valence-electron chi connectivity index (χ0n) is 21.5. The lowest BCUT2D eigenvalue weighted by atomic mass is 9.91. The summed E-state index contributed by atoms with van der Waals surface area (Å²) in [7, 11) is -4.18. The number of aromatic nitrogens is 4. The molecule has 41 heavy (non-hydrogen) atoms. The first-order chi connectivity index (χ1) is 19.5. The van der Waals surface area contributed by atoms with Gasteiger partial charge in [-0.25, -0.2) is 28.3 Å². The third-order valence-corrected chi connectivity index (χ3v) is 9.60. The van der Waals surface area contributed by atoms with E-state index in [2.05, 4.69) is 15.0 Å². The summed E-state index contributed by atoms with van der Waals surface area (Å²) in [6, 6.07) is 12.1. The molecule has 2 aromatic heterocycles. The van der Waals surface area contributed by atoms with Crippen LogP contribution in [-0.2, 0) is 31.6 Å². The van der Waals surface area contributed by atoms with Gasteiger partial charge in [-0.05, 0) is 36.2 Å². The van der Waals surface area contributed by atoms with Crippen molar-refractivity contribution in [3.63, 3.8) is 0 Å². The molecule has 2 aromatic carbocycles. The van der Waals surface area contributed by atoms with Crippen molar-refractivity contribution in [2.75, 3.05) is 18.0 Å². The molecule has 0 saturated carbocycles. The molecule has 4 aromatic rings. The van der Waals surface area contributed by atoms with Crippen LogP contribution >= 0.6 is 23.2 Å². The first kappa shape index (κ1) is 27.3. The molecule has 1 amide bonds. The average Bonchev–Trinajstić information content (AvgIpc) is 3.42. The highest BCUT2D eigenvalue weighted by Gasteiger charge is 2.53. The maximum atomic E-state index is 14.2. The molecular weight excluding hydrogens is 591 g/mol. The normalized spacial score (nSPS) is 19.3. The monoisotopic (exact) mass is 612 g/mol. The van der Waals surface area contributed by atoms with Gasteiger partial charge in [-0.2, -0.15) is 4.31 Å². The van der Waals surface area contributed by atoms with Crippen LogP contribution in [0.1, 0.15) is 12.5 Å². The zero-order valence-corrected chi connectivity index (χ0v) is 23.8. The molecule has 4 heterocycles. The Hall–Kier alpha value is -3.84. The number of hydrogen-bond acceptors (Lipinski definition) is 7. The van der Waals surface area contributed by atoms with Crippen molar-refractivity contribution < 1.29 is 23.1 Å². The number of carbonyl (C=O) groups is 2. The lowest BCUT2D eigenvalue weighted by molar-refractivity contribution is -0.145. The largest absolute Gasteiger partial charge is 0.481 e. The minimum Gasteiger partial charge on any atom is -0.481 e. The standard InChI is InChI=1S/C27H22Cl2N6O5S/c1-27(9-16-2-4-17(5-3-16)18-10-30-15-31-11-18)25(38)34(22-7-20(28)6-21(29)8-22)26-32-12-23(35(26)27)41(39,40)33-13-19(14-33)24(36)37/h2-8,10-12,15,19H,9,13-14H2,1H3,(H,36,37)/t27-/m1/s1. The highest BCUT2D eigenvalue weighted by molar-refractivity contribution is 7.89. The number of hydrogen-bond donors (Lipinski definition) is 1. The molecule has 0 bridgehead atoms. The van der Waals surface area contributed by atoms with Crippen LogP contribution in [0.15, 0.2) is 72.4 Å². The van der Waals surface area contributed by atoms with Gasteiger partial charge >= 0.3 is 5.97 Å². The van der Waals surface area contributed by atoms with Crippen LogP contribution in [0.2, 0.25) is 10.0 Å². The van der Waals surface area contributed by atoms with E-state index in [1.165, 1.54) is 28.1 Å². The molecule has 1 N–H and O–H groups in total. The Morgan fingerprint density at radius 1 is 1.02 bits per heavy atom. The number of sulfonamides is 1. The van der Waals surface area contributed by atoms with Crippen LogP contribution < -0.4 is 4.90 Å². The van der Waals surface area contributed by atoms with Crippen molar-refractivity contribution in [2.24, 2.45) is 5.92 Å². The van der Waals surface area contributed by atoms with Crippen LogP contribution in [0.5, 0.6) is 0 Å². The van der Waals surface area contributed by atoms with Gasteiger partial charge in [0.1, 0.15) is 11.9 Å². The lowest BCUT2D eigenvalue weighted by Gasteiger charge is -2.36. The first-order valence-corrected chi connectivity index (χ1v) is 14.6. The van der Waals surface area contributed by atoms with Crippen LogP contribution in [0.25, 0.3) is 11.1 Å². The van der Waals surface area contributed by atoms with Gasteiger partial charge in [0, 0.05) is 47.5 Å². The summed E-state index contributed by atoms with van der Waals surface area (Å²) in [6.07, 6.45) is 6.15. The Labute approximate surface area is 245 Å². The molecule has 210 valence electrons. The number of benzene rings is 2. The third-order valence-electron chi connectivity index (χ3n) is 7.37. The van der Waals surface area contributed by atoms with Gasteiger partial charge in [0.15, 0.2) is 5.03 Å². The fourth-order valence-corrected chi connectivity index (χ4v) is 7.43. The maximum Gasteiger partial charge on any atom is 0.309 e. The first-order valence-electron chi connectivity index (χ1n) is 12.5. The molecule has 1 saturated heterocycles. The van der Waals surface area contributed by atoms with Crippen LogP contribution in [-0.4, -0.2) is 62.3 Å². The Kier molecular flexibility index (Phi) is 6.61. The average molecular weight is 613 g/mol. The van der Waals surface area contributed by atoms with Crippen molar-refractivity contribution in [1.82, 2.24) is 23.8 Å². The molecule has 2 aliphatic rings. The van der Waals surface area contributed by atoms with Crippen molar-refractivity contribution in [1.29, 1.82) is 0 Å². The number of imidazole rings is 1. The number of carbonyl (C=O) groups excluding carboxylic acids is 1. The second-order valence-corrected chi connectivity index (χ2v) is 12.9. The number of carboxylic acid groups (broad SMARTS) is 1. The van der Waals surface area contributed by atoms with Gasteiger partial charge in [-0.15, -0.1) is 0 Å². The number of anilines is 2. The van der Waals surface area contributed by atoms with Crippen molar-refractivity contribution in [3.05, 3.63) is 83.0 Å². The summed E-state index contributed by atoms with van der Waals surface area (Å²) in [5.74, 6) is -2.20. The quantitative estimate of drug-likeness (QED) is 0.330. The minimum atomic E-state index is -4.18. The summed E-state index contributed by atoms with van der Waals surface area (Å²) in [6.45, 7) is 1.32. The third kappa shape index (κ3) is 4.56. The van der Waals surface area contributed by atoms with Crippen molar-refractivity contribution in [3.8, 4) is 11.1 Å². The second kappa shape index (κ2) is 9.91. The van der Waals surface area contributed by atoms with Gasteiger partial charge in [-0.1, -0.05) is 47.5 Å². The Morgan fingerprint density at radius 2 is 1.66 bits per heavy atom. The molecule has 0 radical (unpaired) electrons. The topological polar surface area (TPSA) is 139 Å². The summed E-state index contributed by atoms with van der Waals surface area (Å²) in [4.78, 5) is 39.3. The SMILES string of the molecule is C[C@@]1(Cc2ccc(-c3cncnc3)cc2)C(=O)N(c2cc(Cl)cc(Cl)c2)c2ncc(S(=O)(=O)N3CC(C(=O)O)C3)n21. The summed E-state index contributed by atoms with van der Waals surface area (Å²) < 4.78 is 29.9. The molecule has 2 aliphatic heterocycles. The molecule has 1 atom stereocenters. The molecule has 6 rings (SSSR count). The Balaban J connectivity index is 1.43. The summed E-state index contributed by atoms with van der Waals surface area (Å²) >= 11 is 12.5. The van der Waals surface area contributed by atoms with E-state index in [1.54, 1.807) is 31.5 Å². The van der Waals surface area contributed by atoms with Crippen molar-refractivity contribution >= 4 is 56.7 Å². The minimum absolute atomic E-state index is 0.0859. The van der Waals surface area contributed by atoms with E-state index >= 15 is 0 Å². The van der Waals surface area contributed by atoms with E-state index in [0.717, 1.165) is 21.0 Å². The van der Waals surface area contributed by atoms with Crippen LogP contribution in [0.3, 0.4) is 0 Å². The Bertz CT molecular complexity index is 1770. The second-order valence-electron chi connectivity index (χ2n) is 10.1. The molecular formula is C27H22Cl2N6O5S. The van der Waals surface area contributed by atoms with Gasteiger partial charge in [-0.3, -0.25) is 14.2 Å². The number of carboxylic acids is 1. The number of halogens is 2. The molecule has 1 fully saturated rings. The van der Waals surface area contributed by atoms with Gasteiger partial charge < -0.3 is 5.11 Å². The fourth-order valence-electron chi connectivity index (χ4n) is 5.20. The van der Waals surface area contributed by atoms with E-state index in [-0.39, 0.29) is 30.5 Å². The Morgan fingerprint density at radius 3 is 2.27 bits per heavy atom. The predicted octanol–water partition coefficient (Wildman–Crippen LogP) is 3.99. The maximum absolute atomic E-state index is 14.2. The number of nitrogens with zero attached hydrogens (tertiary/aromatic N) is 6. The molecule has 0 aliphatic carbocycles. The highest BCUT2D eigenvalue weighted by Crippen LogP contribution is 2.45.